The Bertz CT molecular complexity index is 609. The molecule has 3 heterocycles. The van der Waals surface area contributed by atoms with Gasteiger partial charge in [-0.3, -0.25) is 4.79 Å². The second kappa shape index (κ2) is 7.62. The summed E-state index contributed by atoms with van der Waals surface area (Å²) in [5, 5.41) is 7.50. The van der Waals surface area contributed by atoms with Crippen LogP contribution in [0, 0.1) is 6.92 Å². The molecule has 3 nitrogen and oxygen atoms in total. The highest BCUT2D eigenvalue weighted by Crippen LogP contribution is 2.33. The number of aryl methyl sites for hydroxylation is 1. The number of amides is 1. The molecule has 0 bridgehead atoms. The molecule has 3 rings (SSSR count). The molecule has 2 aromatic rings. The van der Waals surface area contributed by atoms with E-state index >= 15 is 0 Å². The largest absolute Gasteiger partial charge is 0.336 e. The van der Waals surface area contributed by atoms with Gasteiger partial charge in [0.1, 0.15) is 0 Å². The summed E-state index contributed by atoms with van der Waals surface area (Å²) < 4.78 is 0. The fourth-order valence-electron chi connectivity index (χ4n) is 2.83. The van der Waals surface area contributed by atoms with Crippen molar-refractivity contribution >= 4 is 40.3 Å². The number of nitrogens with zero attached hydrogens (tertiary/aromatic N) is 2. The van der Waals surface area contributed by atoms with Gasteiger partial charge in [0.2, 0.25) is 5.91 Å². The van der Waals surface area contributed by atoms with E-state index in [0.717, 1.165) is 41.6 Å². The van der Waals surface area contributed by atoms with Crippen LogP contribution in [-0.2, 0) is 10.5 Å². The molecule has 1 atom stereocenters. The Hall–Kier alpha value is -0.850. The lowest BCUT2D eigenvalue weighted by atomic mass is 10.1. The molecule has 0 radical (unpaired) electrons. The first-order valence-corrected chi connectivity index (χ1v) is 10.5. The topological polar surface area (TPSA) is 33.2 Å². The molecular formula is C16H20N2OS3. The van der Waals surface area contributed by atoms with Crippen molar-refractivity contribution in [1.29, 1.82) is 0 Å². The Morgan fingerprint density at radius 3 is 3.14 bits per heavy atom. The molecule has 118 valence electrons. The molecule has 22 heavy (non-hydrogen) atoms. The first-order valence-electron chi connectivity index (χ1n) is 7.54. The van der Waals surface area contributed by atoms with Crippen LogP contribution < -0.4 is 0 Å². The van der Waals surface area contributed by atoms with Crippen LogP contribution in [0.5, 0.6) is 0 Å². The number of carbonyl (C=O) groups excluding carboxylic acids is 1. The van der Waals surface area contributed by atoms with Crippen LogP contribution in [0.15, 0.2) is 22.2 Å². The van der Waals surface area contributed by atoms with Crippen molar-refractivity contribution in [3.05, 3.63) is 38.5 Å². The summed E-state index contributed by atoms with van der Waals surface area (Å²) in [6.07, 6.45) is 2.86. The third kappa shape index (κ3) is 3.91. The van der Waals surface area contributed by atoms with Crippen LogP contribution >= 0.6 is 34.4 Å². The van der Waals surface area contributed by atoms with Gasteiger partial charge in [-0.1, -0.05) is 0 Å². The fourth-order valence-corrected chi connectivity index (χ4v) is 5.08. The second-order valence-corrected chi connectivity index (χ2v) is 8.41. The average molecular weight is 353 g/mol. The molecule has 1 aliphatic heterocycles. The van der Waals surface area contributed by atoms with Gasteiger partial charge in [-0.25, -0.2) is 4.98 Å². The maximum absolute atomic E-state index is 12.5. The standard InChI is InChI=1S/C16H20N2OS3/c1-12-17-14(11-22-12)10-21-8-5-16(19)18-6-2-3-15(18)13-4-7-20-9-13/h4,7,9,11,15H,2-3,5-6,8,10H2,1H3. The summed E-state index contributed by atoms with van der Waals surface area (Å²) in [7, 11) is 0. The monoisotopic (exact) mass is 352 g/mol. The summed E-state index contributed by atoms with van der Waals surface area (Å²) in [6, 6.07) is 2.46. The maximum atomic E-state index is 12.5. The van der Waals surface area contributed by atoms with Gasteiger partial charge >= 0.3 is 0 Å². The third-order valence-electron chi connectivity index (χ3n) is 3.88. The highest BCUT2D eigenvalue weighted by molar-refractivity contribution is 7.98. The number of carbonyl (C=O) groups is 1. The number of hydrogen-bond acceptors (Lipinski definition) is 5. The van der Waals surface area contributed by atoms with Crippen LogP contribution in [0.4, 0.5) is 0 Å². The molecule has 6 heteroatoms. The second-order valence-electron chi connectivity index (χ2n) is 5.46. The van der Waals surface area contributed by atoms with E-state index in [0.29, 0.717) is 18.4 Å². The Labute approximate surface area is 143 Å². The highest BCUT2D eigenvalue weighted by Gasteiger charge is 2.29. The number of aromatic nitrogens is 1. The SMILES string of the molecule is Cc1nc(CSCCC(=O)N2CCCC2c2ccsc2)cs1. The Balaban J connectivity index is 1.45. The Morgan fingerprint density at radius 1 is 1.50 bits per heavy atom. The Kier molecular flexibility index (Phi) is 5.55. The third-order valence-corrected chi connectivity index (χ3v) is 6.39. The zero-order chi connectivity index (χ0) is 15.4. The Morgan fingerprint density at radius 2 is 2.41 bits per heavy atom. The van der Waals surface area contributed by atoms with Crippen LogP contribution in [0.25, 0.3) is 0 Å². The molecular weight excluding hydrogens is 332 g/mol. The van der Waals surface area contributed by atoms with Crippen LogP contribution in [-0.4, -0.2) is 28.1 Å². The minimum absolute atomic E-state index is 0.302. The lowest BCUT2D eigenvalue weighted by Crippen LogP contribution is -2.30. The molecule has 1 unspecified atom stereocenters. The van der Waals surface area contributed by atoms with Crippen molar-refractivity contribution in [2.75, 3.05) is 12.3 Å². The van der Waals surface area contributed by atoms with Crippen LogP contribution in [0.1, 0.15) is 41.6 Å². The molecule has 1 fully saturated rings. The van der Waals surface area contributed by atoms with Gasteiger partial charge in [0, 0.05) is 29.9 Å². The summed E-state index contributed by atoms with van der Waals surface area (Å²) >= 11 is 5.21. The molecule has 1 aliphatic rings. The van der Waals surface area contributed by atoms with E-state index in [-0.39, 0.29) is 0 Å². The number of rotatable bonds is 6. The van der Waals surface area contributed by atoms with Crippen molar-refractivity contribution in [3.8, 4) is 0 Å². The van der Waals surface area contributed by atoms with Crippen LogP contribution in [0.3, 0.4) is 0 Å². The van der Waals surface area contributed by atoms with Crippen molar-refractivity contribution in [1.82, 2.24) is 9.88 Å². The lowest BCUT2D eigenvalue weighted by molar-refractivity contribution is -0.131. The van der Waals surface area contributed by atoms with Gasteiger partial charge in [-0.15, -0.1) is 11.3 Å². The first-order chi connectivity index (χ1) is 10.7. The maximum Gasteiger partial charge on any atom is 0.223 e. The van der Waals surface area contributed by atoms with Crippen LogP contribution in [0.2, 0.25) is 0 Å². The minimum atomic E-state index is 0.302. The summed E-state index contributed by atoms with van der Waals surface area (Å²) in [4.78, 5) is 19.0. The first kappa shape index (κ1) is 16.0. The van der Waals surface area contributed by atoms with E-state index in [2.05, 4.69) is 32.1 Å². The molecule has 1 saturated heterocycles. The predicted molar refractivity (Wildman–Crippen MR) is 95.6 cm³/mol. The van der Waals surface area contributed by atoms with Gasteiger partial charge in [0.05, 0.1) is 16.7 Å². The lowest BCUT2D eigenvalue weighted by Gasteiger charge is -2.24. The number of thiophene rings is 1. The van der Waals surface area contributed by atoms with E-state index in [9.17, 15) is 4.79 Å². The van der Waals surface area contributed by atoms with Gasteiger partial charge in [-0.2, -0.15) is 23.1 Å². The summed E-state index contributed by atoms with van der Waals surface area (Å²) in [5.74, 6) is 2.09. The molecule has 0 N–H and O–H groups in total. The van der Waals surface area contributed by atoms with Crippen molar-refractivity contribution in [2.24, 2.45) is 0 Å². The number of thioether (sulfide) groups is 1. The molecule has 1 amide bonds. The van der Waals surface area contributed by atoms with Crippen molar-refractivity contribution in [2.45, 2.75) is 38.0 Å². The zero-order valence-electron chi connectivity index (χ0n) is 12.7. The van der Waals surface area contributed by atoms with Gasteiger partial charge < -0.3 is 4.90 Å². The molecule has 0 aliphatic carbocycles. The molecule has 0 aromatic carbocycles. The number of thiazole rings is 1. The van der Waals surface area contributed by atoms with E-state index in [1.807, 2.05) is 6.92 Å². The summed E-state index contributed by atoms with van der Waals surface area (Å²) in [6.45, 7) is 2.94. The average Bonchev–Trinajstić information content (AvgIpc) is 3.23. The van der Waals surface area contributed by atoms with E-state index in [4.69, 9.17) is 0 Å². The minimum Gasteiger partial charge on any atom is -0.336 e. The normalized spacial score (nSPS) is 18.0. The van der Waals surface area contributed by atoms with E-state index < -0.39 is 0 Å². The van der Waals surface area contributed by atoms with E-state index in [1.165, 1.54) is 5.56 Å². The van der Waals surface area contributed by atoms with E-state index in [1.54, 1.807) is 34.4 Å². The zero-order valence-corrected chi connectivity index (χ0v) is 15.1. The van der Waals surface area contributed by atoms with Crippen molar-refractivity contribution in [3.63, 3.8) is 0 Å². The molecule has 0 spiro atoms. The van der Waals surface area contributed by atoms with Crippen molar-refractivity contribution < 1.29 is 4.79 Å². The number of hydrogen-bond donors (Lipinski definition) is 0. The predicted octanol–water partition coefficient (Wildman–Crippen LogP) is 4.50. The fraction of sp³-hybridized carbons (Fsp3) is 0.500. The molecule has 2 aromatic heterocycles. The van der Waals surface area contributed by atoms with Gasteiger partial charge in [0.25, 0.3) is 0 Å². The van der Waals surface area contributed by atoms with Gasteiger partial charge in [-0.05, 0) is 42.2 Å². The highest BCUT2D eigenvalue weighted by atomic mass is 32.2. The summed E-state index contributed by atoms with van der Waals surface area (Å²) in [5.41, 5.74) is 2.44. The smallest absolute Gasteiger partial charge is 0.223 e. The number of likely N-dealkylation sites (tertiary alicyclic amines) is 1. The molecule has 0 saturated carbocycles. The quantitative estimate of drug-likeness (QED) is 0.718. The van der Waals surface area contributed by atoms with Gasteiger partial charge in [0.15, 0.2) is 0 Å².